The average molecular weight is 346 g/mol. The fraction of sp³-hybridized carbons (Fsp3) is 0.167. The Hall–Kier alpha value is -0.420. The topological polar surface area (TPSA) is 40.5 Å². The van der Waals surface area contributed by atoms with Crippen LogP contribution >= 0.6 is 31.9 Å². The summed E-state index contributed by atoms with van der Waals surface area (Å²) in [4.78, 5) is 0. The lowest BCUT2D eigenvalue weighted by atomic mass is 10.0. The molecule has 2 aromatic carbocycles. The molecule has 2 nitrogen and oxygen atoms in total. The molecule has 2 N–H and O–H groups in total. The summed E-state index contributed by atoms with van der Waals surface area (Å²) < 4.78 is 1.80. The van der Waals surface area contributed by atoms with E-state index in [1.807, 2.05) is 24.3 Å². The SMILES string of the molecule is OCc1ccc2c(Br)c(CO)ccc2c1Br. The molecular formula is C12H10Br2O2. The van der Waals surface area contributed by atoms with Crippen molar-refractivity contribution in [2.75, 3.05) is 0 Å². The van der Waals surface area contributed by atoms with Crippen molar-refractivity contribution in [1.29, 1.82) is 0 Å². The van der Waals surface area contributed by atoms with Gasteiger partial charge in [0.25, 0.3) is 0 Å². The third-order valence-electron chi connectivity index (χ3n) is 2.57. The predicted molar refractivity (Wildman–Crippen MR) is 71.2 cm³/mol. The number of fused-ring (bicyclic) bond motifs is 1. The van der Waals surface area contributed by atoms with Gasteiger partial charge in [-0.1, -0.05) is 24.3 Å². The van der Waals surface area contributed by atoms with Gasteiger partial charge in [-0.25, -0.2) is 0 Å². The number of benzene rings is 2. The minimum Gasteiger partial charge on any atom is -0.392 e. The van der Waals surface area contributed by atoms with Crippen molar-refractivity contribution in [2.45, 2.75) is 13.2 Å². The van der Waals surface area contributed by atoms with E-state index in [4.69, 9.17) is 10.2 Å². The Morgan fingerprint density at radius 1 is 0.750 bits per heavy atom. The summed E-state index contributed by atoms with van der Waals surface area (Å²) in [5.41, 5.74) is 1.72. The molecule has 84 valence electrons. The van der Waals surface area contributed by atoms with Crippen LogP contribution in [0.2, 0.25) is 0 Å². The van der Waals surface area contributed by atoms with Crippen molar-refractivity contribution < 1.29 is 10.2 Å². The van der Waals surface area contributed by atoms with E-state index in [2.05, 4.69) is 31.9 Å². The normalized spacial score (nSPS) is 11.0. The maximum Gasteiger partial charge on any atom is 0.0693 e. The van der Waals surface area contributed by atoms with Crippen molar-refractivity contribution in [2.24, 2.45) is 0 Å². The zero-order chi connectivity index (χ0) is 11.7. The Morgan fingerprint density at radius 2 is 1.12 bits per heavy atom. The Bertz CT molecular complexity index is 489. The zero-order valence-electron chi connectivity index (χ0n) is 8.37. The fourth-order valence-electron chi connectivity index (χ4n) is 1.67. The first-order chi connectivity index (χ1) is 7.69. The second-order valence-electron chi connectivity index (χ2n) is 3.49. The maximum atomic E-state index is 9.17. The van der Waals surface area contributed by atoms with Gasteiger partial charge in [-0.3, -0.25) is 0 Å². The Morgan fingerprint density at radius 3 is 1.44 bits per heavy atom. The lowest BCUT2D eigenvalue weighted by Gasteiger charge is -2.09. The van der Waals surface area contributed by atoms with Gasteiger partial charge in [-0.05, 0) is 53.8 Å². The van der Waals surface area contributed by atoms with Gasteiger partial charge in [-0.2, -0.15) is 0 Å². The molecule has 0 aliphatic rings. The molecule has 0 spiro atoms. The van der Waals surface area contributed by atoms with E-state index in [-0.39, 0.29) is 13.2 Å². The van der Waals surface area contributed by atoms with Gasteiger partial charge in [0, 0.05) is 8.95 Å². The summed E-state index contributed by atoms with van der Waals surface area (Å²) in [6, 6.07) is 7.63. The van der Waals surface area contributed by atoms with Crippen LogP contribution in [-0.4, -0.2) is 10.2 Å². The van der Waals surface area contributed by atoms with Crippen LogP contribution < -0.4 is 0 Å². The molecule has 0 fully saturated rings. The summed E-state index contributed by atoms with van der Waals surface area (Å²) >= 11 is 6.96. The summed E-state index contributed by atoms with van der Waals surface area (Å²) in [7, 11) is 0. The van der Waals surface area contributed by atoms with Crippen LogP contribution in [0.15, 0.2) is 33.2 Å². The number of rotatable bonds is 2. The molecule has 0 unspecified atom stereocenters. The zero-order valence-corrected chi connectivity index (χ0v) is 11.5. The minimum atomic E-state index is 0.00982. The predicted octanol–water partition coefficient (Wildman–Crippen LogP) is 3.35. The first-order valence-electron chi connectivity index (χ1n) is 4.79. The number of halogens is 2. The molecule has 0 saturated carbocycles. The van der Waals surface area contributed by atoms with E-state index in [1.54, 1.807) is 0 Å². The molecule has 0 aliphatic carbocycles. The van der Waals surface area contributed by atoms with E-state index in [0.717, 1.165) is 30.8 Å². The van der Waals surface area contributed by atoms with Crippen LogP contribution in [0.5, 0.6) is 0 Å². The van der Waals surface area contributed by atoms with Crippen LogP contribution in [0.25, 0.3) is 10.8 Å². The molecular weight excluding hydrogens is 336 g/mol. The molecule has 0 amide bonds. The van der Waals surface area contributed by atoms with E-state index in [1.165, 1.54) is 0 Å². The van der Waals surface area contributed by atoms with Crippen molar-refractivity contribution in [3.63, 3.8) is 0 Å². The monoisotopic (exact) mass is 344 g/mol. The van der Waals surface area contributed by atoms with Crippen LogP contribution in [0, 0.1) is 0 Å². The smallest absolute Gasteiger partial charge is 0.0693 e. The highest BCUT2D eigenvalue weighted by atomic mass is 79.9. The highest BCUT2D eigenvalue weighted by molar-refractivity contribution is 9.11. The summed E-state index contributed by atoms with van der Waals surface area (Å²) in [5, 5.41) is 20.4. The number of hydrogen-bond acceptors (Lipinski definition) is 2. The molecule has 0 bridgehead atoms. The lowest BCUT2D eigenvalue weighted by molar-refractivity contribution is 0.280. The Labute approximate surface area is 110 Å². The average Bonchev–Trinajstić information content (AvgIpc) is 2.31. The molecule has 0 aromatic heterocycles. The van der Waals surface area contributed by atoms with Crippen LogP contribution in [0.3, 0.4) is 0 Å². The van der Waals surface area contributed by atoms with E-state index >= 15 is 0 Å². The van der Waals surface area contributed by atoms with Gasteiger partial charge in [0.05, 0.1) is 13.2 Å². The van der Waals surface area contributed by atoms with E-state index in [0.29, 0.717) is 0 Å². The maximum absolute atomic E-state index is 9.17. The van der Waals surface area contributed by atoms with Crippen molar-refractivity contribution in [3.05, 3.63) is 44.3 Å². The first kappa shape index (κ1) is 12.0. The molecule has 0 atom stereocenters. The molecule has 2 rings (SSSR count). The van der Waals surface area contributed by atoms with Gasteiger partial charge < -0.3 is 10.2 Å². The first-order valence-corrected chi connectivity index (χ1v) is 6.37. The van der Waals surface area contributed by atoms with Gasteiger partial charge in [-0.15, -0.1) is 0 Å². The second-order valence-corrected chi connectivity index (χ2v) is 5.07. The van der Waals surface area contributed by atoms with E-state index in [9.17, 15) is 0 Å². The Balaban J connectivity index is 2.78. The quantitative estimate of drug-likeness (QED) is 0.876. The van der Waals surface area contributed by atoms with Crippen molar-refractivity contribution >= 4 is 42.6 Å². The standard InChI is InChI=1S/C12H10Br2O2/c13-11-7(5-15)1-3-9-10(11)4-2-8(6-16)12(9)14/h1-4,15-16H,5-6H2. The summed E-state index contributed by atoms with van der Waals surface area (Å²) in [6.07, 6.45) is 0. The Kier molecular flexibility index (Phi) is 3.64. The van der Waals surface area contributed by atoms with Crippen molar-refractivity contribution in [3.8, 4) is 0 Å². The molecule has 2 aromatic rings. The molecule has 0 radical (unpaired) electrons. The molecule has 0 saturated heterocycles. The number of hydrogen-bond donors (Lipinski definition) is 2. The highest BCUT2D eigenvalue weighted by Gasteiger charge is 2.09. The summed E-state index contributed by atoms with van der Waals surface area (Å²) in [6.45, 7) is 0.0196. The van der Waals surface area contributed by atoms with Gasteiger partial charge in [0.1, 0.15) is 0 Å². The summed E-state index contributed by atoms with van der Waals surface area (Å²) in [5.74, 6) is 0. The highest BCUT2D eigenvalue weighted by Crippen LogP contribution is 2.34. The third-order valence-corrected chi connectivity index (χ3v) is 4.44. The second kappa shape index (κ2) is 4.84. The minimum absolute atomic E-state index is 0.00982. The molecule has 16 heavy (non-hydrogen) atoms. The van der Waals surface area contributed by atoms with Crippen molar-refractivity contribution in [1.82, 2.24) is 0 Å². The molecule has 4 heteroatoms. The van der Waals surface area contributed by atoms with Gasteiger partial charge >= 0.3 is 0 Å². The third kappa shape index (κ3) is 1.91. The molecule has 0 heterocycles. The largest absolute Gasteiger partial charge is 0.392 e. The molecule has 0 aliphatic heterocycles. The van der Waals surface area contributed by atoms with E-state index < -0.39 is 0 Å². The van der Waals surface area contributed by atoms with Crippen LogP contribution in [0.4, 0.5) is 0 Å². The lowest BCUT2D eigenvalue weighted by Crippen LogP contribution is -1.90. The van der Waals surface area contributed by atoms with Gasteiger partial charge in [0.15, 0.2) is 0 Å². The fourth-order valence-corrected chi connectivity index (χ4v) is 2.87. The number of aliphatic hydroxyl groups is 2. The van der Waals surface area contributed by atoms with Gasteiger partial charge in [0.2, 0.25) is 0 Å². The van der Waals surface area contributed by atoms with Crippen LogP contribution in [-0.2, 0) is 13.2 Å². The number of aliphatic hydroxyl groups excluding tert-OH is 2. The van der Waals surface area contributed by atoms with Crippen LogP contribution in [0.1, 0.15) is 11.1 Å².